The van der Waals surface area contributed by atoms with E-state index in [9.17, 15) is 14.0 Å². The molecular weight excluding hydrogens is 410 g/mol. The van der Waals surface area contributed by atoms with Crippen LogP contribution in [0, 0.1) is 16.3 Å². The van der Waals surface area contributed by atoms with Gasteiger partial charge in [-0.05, 0) is 47.7 Å². The molecule has 0 aliphatic carbocycles. The molecule has 0 fully saturated rings. The largest absolute Gasteiger partial charge is 0.477 e. The first-order valence-electron chi connectivity index (χ1n) is 5.81. The molecule has 1 amide bonds. The first-order chi connectivity index (χ1) is 9.88. The van der Waals surface area contributed by atoms with E-state index in [-0.39, 0.29) is 17.3 Å². The first kappa shape index (κ1) is 15.8. The van der Waals surface area contributed by atoms with E-state index in [2.05, 4.69) is 10.3 Å². The lowest BCUT2D eigenvalue weighted by Crippen LogP contribution is -2.23. The van der Waals surface area contributed by atoms with E-state index in [0.29, 0.717) is 19.8 Å². The van der Waals surface area contributed by atoms with E-state index >= 15 is 0 Å². The Hall–Kier alpha value is -1.55. The van der Waals surface area contributed by atoms with Crippen LogP contribution in [0.2, 0.25) is 0 Å². The van der Waals surface area contributed by atoms with Crippen molar-refractivity contribution in [3.63, 3.8) is 0 Å². The van der Waals surface area contributed by atoms with Crippen molar-refractivity contribution in [2.75, 3.05) is 0 Å². The summed E-state index contributed by atoms with van der Waals surface area (Å²) in [6, 6.07) is 3.89. The van der Waals surface area contributed by atoms with Gasteiger partial charge in [0, 0.05) is 3.57 Å². The number of nitrogens with one attached hydrogen (secondary N) is 1. The quantitative estimate of drug-likeness (QED) is 0.746. The van der Waals surface area contributed by atoms with Gasteiger partial charge in [0.05, 0.1) is 17.8 Å². The van der Waals surface area contributed by atoms with Crippen molar-refractivity contribution in [1.29, 1.82) is 0 Å². The number of thiazole rings is 1. The lowest BCUT2D eigenvalue weighted by molar-refractivity contribution is 0.0701. The van der Waals surface area contributed by atoms with E-state index in [4.69, 9.17) is 5.11 Å². The molecule has 0 spiro atoms. The van der Waals surface area contributed by atoms with Crippen LogP contribution in [-0.4, -0.2) is 22.0 Å². The average Bonchev–Trinajstić information content (AvgIpc) is 2.77. The van der Waals surface area contributed by atoms with Gasteiger partial charge in [-0.1, -0.05) is 0 Å². The monoisotopic (exact) mass is 420 g/mol. The van der Waals surface area contributed by atoms with Crippen molar-refractivity contribution in [1.82, 2.24) is 10.3 Å². The summed E-state index contributed by atoms with van der Waals surface area (Å²) in [5.74, 6) is -1.79. The summed E-state index contributed by atoms with van der Waals surface area (Å²) in [5.41, 5.74) is 0.789. The number of hydrogen-bond acceptors (Lipinski definition) is 4. The average molecular weight is 420 g/mol. The highest BCUT2D eigenvalue weighted by molar-refractivity contribution is 14.1. The zero-order valence-corrected chi connectivity index (χ0v) is 13.8. The molecular formula is C13H10FIN2O3S. The smallest absolute Gasteiger partial charge is 0.347 e. The highest BCUT2D eigenvalue weighted by Gasteiger charge is 2.15. The fourth-order valence-corrected chi connectivity index (χ4v) is 3.22. The molecule has 2 aromatic rings. The minimum atomic E-state index is -1.03. The summed E-state index contributed by atoms with van der Waals surface area (Å²) in [7, 11) is 0. The minimum absolute atomic E-state index is 0.130. The Morgan fingerprint density at radius 3 is 2.76 bits per heavy atom. The predicted molar refractivity (Wildman–Crippen MR) is 84.1 cm³/mol. The third kappa shape index (κ3) is 3.76. The van der Waals surface area contributed by atoms with E-state index in [1.54, 1.807) is 6.92 Å². The van der Waals surface area contributed by atoms with Gasteiger partial charge in [-0.3, -0.25) is 4.79 Å². The maximum absolute atomic E-state index is 13.0. The van der Waals surface area contributed by atoms with Gasteiger partial charge in [0.1, 0.15) is 15.7 Å². The Labute approximate surface area is 137 Å². The Bertz CT molecular complexity index is 717. The predicted octanol–water partition coefficient (Wildman–Crippen LogP) is 2.82. The number of amides is 1. The van der Waals surface area contributed by atoms with Gasteiger partial charge in [-0.15, -0.1) is 11.3 Å². The molecule has 1 aromatic heterocycles. The standard InChI is InChI=1S/C13H10FIN2O3S/c1-6-11(13(19)20)21-10(17-6)5-16-12(18)8-3-2-7(14)4-9(8)15/h2-4H,5H2,1H3,(H,16,18)(H,19,20). The molecule has 21 heavy (non-hydrogen) atoms. The van der Waals surface area contributed by atoms with E-state index in [0.717, 1.165) is 11.3 Å². The highest BCUT2D eigenvalue weighted by Crippen LogP contribution is 2.18. The molecule has 0 radical (unpaired) electrons. The molecule has 0 atom stereocenters. The van der Waals surface area contributed by atoms with Gasteiger partial charge >= 0.3 is 5.97 Å². The van der Waals surface area contributed by atoms with Crippen molar-refractivity contribution in [2.24, 2.45) is 0 Å². The third-order valence-electron chi connectivity index (χ3n) is 2.61. The highest BCUT2D eigenvalue weighted by atomic mass is 127. The van der Waals surface area contributed by atoms with Crippen LogP contribution in [0.15, 0.2) is 18.2 Å². The second kappa shape index (κ2) is 6.48. The lowest BCUT2D eigenvalue weighted by atomic mass is 10.2. The molecule has 2 rings (SSSR count). The number of nitrogens with zero attached hydrogens (tertiary/aromatic N) is 1. The number of halogens is 2. The van der Waals surface area contributed by atoms with Crippen LogP contribution in [-0.2, 0) is 6.54 Å². The number of aromatic carboxylic acids is 1. The fraction of sp³-hybridized carbons (Fsp3) is 0.154. The third-order valence-corrected chi connectivity index (χ3v) is 4.65. The molecule has 0 aliphatic rings. The van der Waals surface area contributed by atoms with Gasteiger partial charge in [0.25, 0.3) is 5.91 Å². The summed E-state index contributed by atoms with van der Waals surface area (Å²) >= 11 is 2.91. The SMILES string of the molecule is Cc1nc(CNC(=O)c2ccc(F)cc2I)sc1C(=O)O. The van der Waals surface area contributed by atoms with Crippen LogP contribution in [0.25, 0.3) is 0 Å². The molecule has 110 valence electrons. The van der Waals surface area contributed by atoms with Crippen molar-refractivity contribution >= 4 is 45.8 Å². The fourth-order valence-electron chi connectivity index (χ4n) is 1.65. The van der Waals surface area contributed by atoms with Gasteiger partial charge in [0.2, 0.25) is 0 Å². The Morgan fingerprint density at radius 1 is 1.48 bits per heavy atom. The number of benzene rings is 1. The van der Waals surface area contributed by atoms with Gasteiger partial charge < -0.3 is 10.4 Å². The summed E-state index contributed by atoms with van der Waals surface area (Å²) in [6.07, 6.45) is 0. The number of rotatable bonds is 4. The molecule has 0 saturated heterocycles. The van der Waals surface area contributed by atoms with Crippen LogP contribution in [0.4, 0.5) is 4.39 Å². The van der Waals surface area contributed by atoms with Crippen LogP contribution in [0.3, 0.4) is 0 Å². The van der Waals surface area contributed by atoms with Gasteiger partial charge in [0.15, 0.2) is 0 Å². The van der Waals surface area contributed by atoms with E-state index < -0.39 is 11.8 Å². The summed E-state index contributed by atoms with van der Waals surface area (Å²) < 4.78 is 13.5. The minimum Gasteiger partial charge on any atom is -0.477 e. The van der Waals surface area contributed by atoms with Gasteiger partial charge in [-0.2, -0.15) is 0 Å². The molecule has 0 unspecified atom stereocenters. The van der Waals surface area contributed by atoms with Crippen LogP contribution in [0.5, 0.6) is 0 Å². The normalized spacial score (nSPS) is 10.4. The molecule has 1 aromatic carbocycles. The number of hydrogen-bond donors (Lipinski definition) is 2. The Kier molecular flexibility index (Phi) is 4.88. The number of aromatic nitrogens is 1. The first-order valence-corrected chi connectivity index (χ1v) is 7.71. The maximum Gasteiger partial charge on any atom is 0.347 e. The second-order valence-corrected chi connectivity index (χ2v) is 6.38. The number of carbonyl (C=O) groups excluding carboxylic acids is 1. The van der Waals surface area contributed by atoms with E-state index in [1.807, 2.05) is 22.6 Å². The van der Waals surface area contributed by atoms with E-state index in [1.165, 1.54) is 18.2 Å². The molecule has 2 N–H and O–H groups in total. The zero-order valence-electron chi connectivity index (χ0n) is 10.8. The number of carbonyl (C=O) groups is 2. The van der Waals surface area contributed by atoms with Crippen LogP contribution < -0.4 is 5.32 Å². The Balaban J connectivity index is 2.07. The molecule has 8 heteroatoms. The summed E-state index contributed by atoms with van der Waals surface area (Å²) in [5, 5.41) is 12.1. The van der Waals surface area contributed by atoms with Crippen LogP contribution in [0.1, 0.15) is 30.7 Å². The summed E-state index contributed by atoms with van der Waals surface area (Å²) in [4.78, 5) is 27.2. The number of carboxylic acids is 1. The van der Waals surface area contributed by atoms with Crippen molar-refractivity contribution in [3.05, 3.63) is 48.7 Å². The molecule has 1 heterocycles. The molecule has 5 nitrogen and oxygen atoms in total. The van der Waals surface area contributed by atoms with Crippen molar-refractivity contribution < 1.29 is 19.1 Å². The van der Waals surface area contributed by atoms with Gasteiger partial charge in [-0.25, -0.2) is 14.2 Å². The lowest BCUT2D eigenvalue weighted by Gasteiger charge is -2.05. The van der Waals surface area contributed by atoms with Crippen molar-refractivity contribution in [3.8, 4) is 0 Å². The second-order valence-electron chi connectivity index (χ2n) is 4.13. The maximum atomic E-state index is 13.0. The molecule has 0 aliphatic heterocycles. The van der Waals surface area contributed by atoms with Crippen LogP contribution >= 0.6 is 33.9 Å². The van der Waals surface area contributed by atoms with Crippen molar-refractivity contribution in [2.45, 2.75) is 13.5 Å². The zero-order chi connectivity index (χ0) is 15.6. The number of carboxylic acid groups (broad SMARTS) is 1. The summed E-state index contributed by atoms with van der Waals surface area (Å²) in [6.45, 7) is 1.74. The number of aryl methyl sites for hydroxylation is 1. The Morgan fingerprint density at radius 2 is 2.19 bits per heavy atom. The molecule has 0 saturated carbocycles. The topological polar surface area (TPSA) is 79.3 Å². The molecule has 0 bridgehead atoms.